The first-order valence-corrected chi connectivity index (χ1v) is 8.76. The Hall–Kier alpha value is -3.54. The number of halogens is 2. The zero-order valence-corrected chi connectivity index (χ0v) is 15.3. The smallest absolute Gasteiger partial charge is 0.262 e. The number of benzene rings is 3. The van der Waals surface area contributed by atoms with E-state index in [1.807, 2.05) is 50.2 Å². The van der Waals surface area contributed by atoms with E-state index in [9.17, 15) is 13.6 Å². The third-order valence-corrected chi connectivity index (χ3v) is 4.75. The van der Waals surface area contributed by atoms with Gasteiger partial charge in [-0.1, -0.05) is 30.3 Å². The Morgan fingerprint density at radius 2 is 1.61 bits per heavy atom. The Bertz CT molecular complexity index is 1170. The number of fused-ring (bicyclic) bond motifs is 1. The van der Waals surface area contributed by atoms with E-state index in [1.165, 1.54) is 6.07 Å². The van der Waals surface area contributed by atoms with Gasteiger partial charge in [-0.3, -0.25) is 9.89 Å². The average Bonchev–Trinajstić information content (AvgIpc) is 3.03. The van der Waals surface area contributed by atoms with E-state index >= 15 is 0 Å². The third kappa shape index (κ3) is 3.03. The number of anilines is 1. The Balaban J connectivity index is 1.70. The standard InChI is InChI=1S/C22H17F2N3O/c1-12-5-3-6-13(2)19(12)14-9-10-15-18(11-14)26-27-21(15)25-22(28)20-16(23)7-4-8-17(20)24/h3-11H,1-2H3,(H2,25,26,27,28). The largest absolute Gasteiger partial charge is 0.304 e. The summed E-state index contributed by atoms with van der Waals surface area (Å²) in [4.78, 5) is 12.3. The van der Waals surface area contributed by atoms with Crippen LogP contribution in [-0.4, -0.2) is 16.1 Å². The van der Waals surface area contributed by atoms with Crippen molar-refractivity contribution in [2.45, 2.75) is 13.8 Å². The molecule has 140 valence electrons. The molecule has 1 aromatic heterocycles. The number of aromatic nitrogens is 2. The Morgan fingerprint density at radius 1 is 0.964 bits per heavy atom. The predicted molar refractivity (Wildman–Crippen MR) is 105 cm³/mol. The highest BCUT2D eigenvalue weighted by molar-refractivity contribution is 6.08. The van der Waals surface area contributed by atoms with Crippen LogP contribution >= 0.6 is 0 Å². The monoisotopic (exact) mass is 377 g/mol. The zero-order chi connectivity index (χ0) is 19.8. The van der Waals surface area contributed by atoms with E-state index < -0.39 is 23.1 Å². The molecule has 0 fully saturated rings. The summed E-state index contributed by atoms with van der Waals surface area (Å²) in [5.41, 5.74) is 4.54. The molecule has 0 radical (unpaired) electrons. The van der Waals surface area contributed by atoms with Crippen LogP contribution in [0, 0.1) is 25.5 Å². The molecule has 1 heterocycles. The zero-order valence-electron chi connectivity index (χ0n) is 15.3. The Kier molecular flexibility index (Phi) is 4.39. The van der Waals surface area contributed by atoms with Crippen molar-refractivity contribution in [2.75, 3.05) is 5.32 Å². The lowest BCUT2D eigenvalue weighted by Gasteiger charge is -2.10. The fraction of sp³-hybridized carbons (Fsp3) is 0.0909. The lowest BCUT2D eigenvalue weighted by molar-refractivity contribution is 0.101. The molecule has 0 saturated carbocycles. The molecular formula is C22H17F2N3O. The molecule has 0 aliphatic carbocycles. The molecule has 4 nitrogen and oxygen atoms in total. The molecular weight excluding hydrogens is 360 g/mol. The molecule has 1 amide bonds. The summed E-state index contributed by atoms with van der Waals surface area (Å²) < 4.78 is 27.7. The summed E-state index contributed by atoms with van der Waals surface area (Å²) in [5.74, 6) is -2.51. The maximum atomic E-state index is 13.8. The molecule has 0 aliphatic heterocycles. The molecule has 0 aliphatic rings. The van der Waals surface area contributed by atoms with Crippen LogP contribution in [0.5, 0.6) is 0 Å². The first-order chi connectivity index (χ1) is 13.5. The van der Waals surface area contributed by atoms with Gasteiger partial charge in [0.05, 0.1) is 5.52 Å². The molecule has 28 heavy (non-hydrogen) atoms. The van der Waals surface area contributed by atoms with E-state index in [2.05, 4.69) is 15.5 Å². The fourth-order valence-electron chi connectivity index (χ4n) is 3.42. The van der Waals surface area contributed by atoms with Gasteiger partial charge in [-0.25, -0.2) is 8.78 Å². The SMILES string of the molecule is Cc1cccc(C)c1-c1ccc2c(NC(=O)c3c(F)cccc3F)n[nH]c2c1. The van der Waals surface area contributed by atoms with Crippen LogP contribution in [0.25, 0.3) is 22.0 Å². The van der Waals surface area contributed by atoms with Crippen molar-refractivity contribution in [1.29, 1.82) is 0 Å². The van der Waals surface area contributed by atoms with Crippen molar-refractivity contribution in [3.05, 3.63) is 82.9 Å². The van der Waals surface area contributed by atoms with E-state index in [4.69, 9.17) is 0 Å². The van der Waals surface area contributed by atoms with Gasteiger partial charge in [0, 0.05) is 5.39 Å². The normalized spacial score (nSPS) is 11.0. The predicted octanol–water partition coefficient (Wildman–Crippen LogP) is 5.38. The van der Waals surface area contributed by atoms with Crippen molar-refractivity contribution >= 4 is 22.6 Å². The van der Waals surface area contributed by atoms with Crippen molar-refractivity contribution in [3.8, 4) is 11.1 Å². The quantitative estimate of drug-likeness (QED) is 0.504. The van der Waals surface area contributed by atoms with Crippen molar-refractivity contribution in [3.63, 3.8) is 0 Å². The van der Waals surface area contributed by atoms with Gasteiger partial charge in [-0.2, -0.15) is 5.10 Å². The minimum Gasteiger partial charge on any atom is -0.304 e. The van der Waals surface area contributed by atoms with E-state index in [-0.39, 0.29) is 5.82 Å². The number of nitrogens with one attached hydrogen (secondary N) is 2. The van der Waals surface area contributed by atoms with Crippen LogP contribution in [0.1, 0.15) is 21.5 Å². The number of aryl methyl sites for hydroxylation is 2. The van der Waals surface area contributed by atoms with Crippen LogP contribution in [0.4, 0.5) is 14.6 Å². The van der Waals surface area contributed by atoms with Gasteiger partial charge < -0.3 is 5.32 Å². The minimum atomic E-state index is -0.922. The van der Waals surface area contributed by atoms with E-state index in [1.54, 1.807) is 0 Å². The highest BCUT2D eigenvalue weighted by Gasteiger charge is 2.19. The van der Waals surface area contributed by atoms with Crippen molar-refractivity contribution in [1.82, 2.24) is 10.2 Å². The number of amides is 1. The number of nitrogens with zero attached hydrogens (tertiary/aromatic N) is 1. The first-order valence-electron chi connectivity index (χ1n) is 8.76. The number of aromatic amines is 1. The molecule has 4 aromatic rings. The minimum absolute atomic E-state index is 0.218. The Morgan fingerprint density at radius 3 is 2.29 bits per heavy atom. The maximum Gasteiger partial charge on any atom is 0.262 e. The van der Waals surface area contributed by atoms with Gasteiger partial charge >= 0.3 is 0 Å². The van der Waals surface area contributed by atoms with Gasteiger partial charge in [0.15, 0.2) is 5.82 Å². The highest BCUT2D eigenvalue weighted by atomic mass is 19.1. The highest BCUT2D eigenvalue weighted by Crippen LogP contribution is 2.31. The summed E-state index contributed by atoms with van der Waals surface area (Å²) >= 11 is 0. The van der Waals surface area contributed by atoms with Gasteiger partial charge in [0.1, 0.15) is 17.2 Å². The second-order valence-electron chi connectivity index (χ2n) is 6.65. The van der Waals surface area contributed by atoms with Crippen LogP contribution < -0.4 is 5.32 Å². The van der Waals surface area contributed by atoms with Crippen LogP contribution in [0.15, 0.2) is 54.6 Å². The summed E-state index contributed by atoms with van der Waals surface area (Å²) in [6.45, 7) is 4.10. The molecule has 4 rings (SSSR count). The van der Waals surface area contributed by atoms with E-state index in [0.717, 1.165) is 34.4 Å². The Labute approximate surface area is 160 Å². The van der Waals surface area contributed by atoms with Gasteiger partial charge in [0.2, 0.25) is 0 Å². The molecule has 0 bridgehead atoms. The van der Waals surface area contributed by atoms with Crippen LogP contribution in [0.3, 0.4) is 0 Å². The fourth-order valence-corrected chi connectivity index (χ4v) is 3.42. The van der Waals surface area contributed by atoms with Crippen LogP contribution in [-0.2, 0) is 0 Å². The number of hydrogen-bond acceptors (Lipinski definition) is 2. The summed E-state index contributed by atoms with van der Waals surface area (Å²) in [6.07, 6.45) is 0. The molecule has 0 atom stereocenters. The molecule has 3 aromatic carbocycles. The van der Waals surface area contributed by atoms with Gasteiger partial charge in [-0.15, -0.1) is 0 Å². The number of rotatable bonds is 3. The lowest BCUT2D eigenvalue weighted by Crippen LogP contribution is -2.16. The van der Waals surface area contributed by atoms with Crippen molar-refractivity contribution < 1.29 is 13.6 Å². The molecule has 2 N–H and O–H groups in total. The van der Waals surface area contributed by atoms with Crippen molar-refractivity contribution in [2.24, 2.45) is 0 Å². The molecule has 0 unspecified atom stereocenters. The van der Waals surface area contributed by atoms with Gasteiger partial charge in [0.25, 0.3) is 5.91 Å². The molecule has 0 spiro atoms. The third-order valence-electron chi connectivity index (χ3n) is 4.75. The number of H-pyrrole nitrogens is 1. The number of carbonyl (C=O) groups excluding carboxylic acids is 1. The molecule has 6 heteroatoms. The number of hydrogen-bond donors (Lipinski definition) is 2. The molecule has 0 saturated heterocycles. The van der Waals surface area contributed by atoms with Crippen LogP contribution in [0.2, 0.25) is 0 Å². The van der Waals surface area contributed by atoms with E-state index in [0.29, 0.717) is 10.9 Å². The average molecular weight is 377 g/mol. The second kappa shape index (κ2) is 6.88. The lowest BCUT2D eigenvalue weighted by atomic mass is 9.95. The first kappa shape index (κ1) is 17.9. The van der Waals surface area contributed by atoms with Gasteiger partial charge in [-0.05, 0) is 60.4 Å². The summed E-state index contributed by atoms with van der Waals surface area (Å²) in [6, 6.07) is 15.1. The summed E-state index contributed by atoms with van der Waals surface area (Å²) in [7, 11) is 0. The number of carbonyl (C=O) groups is 1. The second-order valence-corrected chi connectivity index (χ2v) is 6.65. The maximum absolute atomic E-state index is 13.8. The summed E-state index contributed by atoms with van der Waals surface area (Å²) in [5, 5.41) is 10.1. The topological polar surface area (TPSA) is 57.8 Å².